The fourth-order valence-electron chi connectivity index (χ4n) is 1.89. The van der Waals surface area contributed by atoms with Gasteiger partial charge in [-0.15, -0.1) is 0 Å². The van der Waals surface area contributed by atoms with Gasteiger partial charge in [-0.25, -0.2) is 18.1 Å². The summed E-state index contributed by atoms with van der Waals surface area (Å²) in [6.45, 7) is 0.410. The Bertz CT molecular complexity index is 717. The molecule has 2 aromatic rings. The summed E-state index contributed by atoms with van der Waals surface area (Å²) < 4.78 is 31.4. The number of hydrogen-bond donors (Lipinski definition) is 2. The molecule has 0 spiro atoms. The quantitative estimate of drug-likeness (QED) is 0.847. The van der Waals surface area contributed by atoms with Crippen LogP contribution < -0.4 is 14.8 Å². The number of rotatable bonds is 6. The summed E-state index contributed by atoms with van der Waals surface area (Å²) in [5.41, 5.74) is 1.37. The molecule has 1 aromatic heterocycles. The van der Waals surface area contributed by atoms with Crippen LogP contribution in [0.4, 0.5) is 5.69 Å². The molecule has 2 N–H and O–H groups in total. The minimum atomic E-state index is -3.51. The first-order valence-corrected chi connectivity index (χ1v) is 7.81. The molecule has 1 heterocycles. The molecule has 0 bridgehead atoms. The molecule has 0 atom stereocenters. The molecule has 0 fully saturated rings. The van der Waals surface area contributed by atoms with Gasteiger partial charge in [0.2, 0.25) is 15.9 Å². The van der Waals surface area contributed by atoms with Crippen molar-refractivity contribution in [1.82, 2.24) is 9.71 Å². The first-order chi connectivity index (χ1) is 10.1. The number of benzene rings is 1. The number of aromatic nitrogens is 1. The zero-order valence-electron chi connectivity index (χ0n) is 11.8. The fraction of sp³-hybridized carbons (Fsp3) is 0.214. The minimum Gasteiger partial charge on any atom is -0.481 e. The fourth-order valence-corrected chi connectivity index (χ4v) is 2.80. The molecule has 7 heteroatoms. The zero-order chi connectivity index (χ0) is 15.3. The molecule has 112 valence electrons. The van der Waals surface area contributed by atoms with Crippen molar-refractivity contribution in [3.63, 3.8) is 0 Å². The maximum absolute atomic E-state index is 12.0. The molecule has 0 saturated heterocycles. The van der Waals surface area contributed by atoms with Gasteiger partial charge in [-0.3, -0.25) is 0 Å². The van der Waals surface area contributed by atoms with Crippen molar-refractivity contribution >= 4 is 15.7 Å². The van der Waals surface area contributed by atoms with Crippen LogP contribution in [-0.2, 0) is 16.6 Å². The van der Waals surface area contributed by atoms with Crippen LogP contribution in [0.2, 0.25) is 0 Å². The van der Waals surface area contributed by atoms with E-state index in [9.17, 15) is 8.42 Å². The molecule has 0 aliphatic heterocycles. The van der Waals surface area contributed by atoms with Gasteiger partial charge in [0.25, 0.3) is 0 Å². The van der Waals surface area contributed by atoms with Crippen molar-refractivity contribution in [2.24, 2.45) is 0 Å². The number of nitrogens with zero attached hydrogens (tertiary/aromatic N) is 1. The third kappa shape index (κ3) is 3.50. The Kier molecular flexibility index (Phi) is 4.77. The van der Waals surface area contributed by atoms with Crippen LogP contribution >= 0.6 is 0 Å². The van der Waals surface area contributed by atoms with Crippen LogP contribution in [0.25, 0.3) is 0 Å². The number of sulfonamides is 1. The van der Waals surface area contributed by atoms with Gasteiger partial charge in [-0.05, 0) is 25.2 Å². The van der Waals surface area contributed by atoms with Crippen LogP contribution in [0, 0.1) is 0 Å². The van der Waals surface area contributed by atoms with Gasteiger partial charge in [0.15, 0.2) is 0 Å². The Morgan fingerprint density at radius 2 is 1.95 bits per heavy atom. The average molecular weight is 307 g/mol. The van der Waals surface area contributed by atoms with Crippen molar-refractivity contribution in [3.05, 3.63) is 48.2 Å². The molecule has 0 unspecified atom stereocenters. The van der Waals surface area contributed by atoms with E-state index in [0.717, 1.165) is 5.56 Å². The predicted molar refractivity (Wildman–Crippen MR) is 80.8 cm³/mol. The highest BCUT2D eigenvalue weighted by atomic mass is 32.2. The first-order valence-electron chi connectivity index (χ1n) is 6.33. The molecule has 1 aromatic carbocycles. The summed E-state index contributed by atoms with van der Waals surface area (Å²) in [6, 6.07) is 10.4. The van der Waals surface area contributed by atoms with E-state index in [-0.39, 0.29) is 4.90 Å². The van der Waals surface area contributed by atoms with Crippen LogP contribution in [-0.4, -0.2) is 27.6 Å². The Hall–Kier alpha value is -2.12. The second-order valence-electron chi connectivity index (χ2n) is 4.23. The predicted octanol–water partition coefficient (Wildman–Crippen LogP) is 1.61. The summed E-state index contributed by atoms with van der Waals surface area (Å²) in [5, 5.41) is 3.11. The third-order valence-corrected chi connectivity index (χ3v) is 4.43. The van der Waals surface area contributed by atoms with Crippen LogP contribution in [0.3, 0.4) is 0 Å². The second kappa shape index (κ2) is 6.55. The van der Waals surface area contributed by atoms with Crippen LogP contribution in [0.15, 0.2) is 47.5 Å². The Morgan fingerprint density at radius 3 is 2.67 bits per heavy atom. The van der Waals surface area contributed by atoms with Gasteiger partial charge >= 0.3 is 0 Å². The molecule has 21 heavy (non-hydrogen) atoms. The second-order valence-corrected chi connectivity index (χ2v) is 6.08. The lowest BCUT2D eigenvalue weighted by Gasteiger charge is -2.13. The van der Waals surface area contributed by atoms with Crippen molar-refractivity contribution < 1.29 is 13.2 Å². The molecule has 0 saturated carbocycles. The highest BCUT2D eigenvalue weighted by Crippen LogP contribution is 2.22. The van der Waals surface area contributed by atoms with E-state index in [0.29, 0.717) is 18.1 Å². The van der Waals surface area contributed by atoms with Crippen LogP contribution in [0.5, 0.6) is 5.88 Å². The maximum atomic E-state index is 12.0. The normalized spacial score (nSPS) is 11.1. The number of nitrogens with one attached hydrogen (secondary N) is 2. The molecule has 0 aliphatic rings. The summed E-state index contributed by atoms with van der Waals surface area (Å²) in [4.78, 5) is 4.31. The Morgan fingerprint density at radius 1 is 1.19 bits per heavy atom. The summed E-state index contributed by atoms with van der Waals surface area (Å²) in [5.74, 6) is 0.513. The van der Waals surface area contributed by atoms with Crippen molar-refractivity contribution in [2.75, 3.05) is 19.5 Å². The first kappa shape index (κ1) is 15.3. The van der Waals surface area contributed by atoms with E-state index in [1.807, 2.05) is 6.07 Å². The number of hydrogen-bond acceptors (Lipinski definition) is 5. The molecule has 0 aliphatic carbocycles. The van der Waals surface area contributed by atoms with E-state index in [2.05, 4.69) is 15.0 Å². The lowest BCUT2D eigenvalue weighted by atomic mass is 10.2. The van der Waals surface area contributed by atoms with E-state index >= 15 is 0 Å². The molecule has 2 rings (SSSR count). The number of anilines is 1. The van der Waals surface area contributed by atoms with Crippen molar-refractivity contribution in [3.8, 4) is 5.88 Å². The molecule has 6 nitrogen and oxygen atoms in total. The number of pyridine rings is 1. The van der Waals surface area contributed by atoms with Gasteiger partial charge in [0, 0.05) is 18.3 Å². The number of ether oxygens (including phenoxy) is 1. The lowest BCUT2D eigenvalue weighted by molar-refractivity contribution is 0.393. The monoisotopic (exact) mass is 307 g/mol. The van der Waals surface area contributed by atoms with Gasteiger partial charge in [-0.2, -0.15) is 0 Å². The van der Waals surface area contributed by atoms with Crippen molar-refractivity contribution in [1.29, 1.82) is 0 Å². The summed E-state index contributed by atoms with van der Waals surface area (Å²) in [6.07, 6.45) is 1.64. The summed E-state index contributed by atoms with van der Waals surface area (Å²) >= 11 is 0. The molecule has 0 radical (unpaired) electrons. The molecular weight excluding hydrogens is 290 g/mol. The highest BCUT2D eigenvalue weighted by Gasteiger charge is 2.16. The van der Waals surface area contributed by atoms with Gasteiger partial charge in [0.1, 0.15) is 4.90 Å². The number of methoxy groups -OCH3 is 1. The maximum Gasteiger partial charge on any atom is 0.242 e. The smallest absolute Gasteiger partial charge is 0.242 e. The number of para-hydroxylation sites is 1. The van der Waals surface area contributed by atoms with E-state index < -0.39 is 10.0 Å². The molecule has 0 amide bonds. The summed E-state index contributed by atoms with van der Waals surface area (Å²) in [7, 11) is -0.576. The van der Waals surface area contributed by atoms with E-state index in [4.69, 9.17) is 4.74 Å². The van der Waals surface area contributed by atoms with E-state index in [1.165, 1.54) is 7.05 Å². The largest absolute Gasteiger partial charge is 0.481 e. The Balaban J connectivity index is 2.25. The molecular formula is C14H17N3O3S. The zero-order valence-corrected chi connectivity index (χ0v) is 12.6. The third-order valence-electron chi connectivity index (χ3n) is 2.96. The standard InChI is InChI=1S/C14H17N3O3S/c1-15-21(18,19)13-8-4-3-7-12(13)17-10-11-6-5-9-16-14(11)20-2/h3-9,15,17H,10H2,1-2H3. The van der Waals surface area contributed by atoms with Gasteiger partial charge in [0.05, 0.1) is 12.8 Å². The average Bonchev–Trinajstić information content (AvgIpc) is 2.53. The van der Waals surface area contributed by atoms with Gasteiger partial charge in [-0.1, -0.05) is 18.2 Å². The van der Waals surface area contributed by atoms with Crippen LogP contribution in [0.1, 0.15) is 5.56 Å². The SMILES string of the molecule is CNS(=O)(=O)c1ccccc1NCc1cccnc1OC. The van der Waals surface area contributed by atoms with Gasteiger partial charge < -0.3 is 10.1 Å². The highest BCUT2D eigenvalue weighted by molar-refractivity contribution is 7.89. The Labute approximate surface area is 124 Å². The van der Waals surface area contributed by atoms with E-state index in [1.54, 1.807) is 43.6 Å². The minimum absolute atomic E-state index is 0.204. The topological polar surface area (TPSA) is 80.3 Å². The van der Waals surface area contributed by atoms with Crippen molar-refractivity contribution in [2.45, 2.75) is 11.4 Å². The lowest BCUT2D eigenvalue weighted by Crippen LogP contribution is -2.20.